The lowest BCUT2D eigenvalue weighted by molar-refractivity contribution is 0.660. The van der Waals surface area contributed by atoms with Crippen LogP contribution in [-0.4, -0.2) is 19.5 Å². The molecule has 0 atom stereocenters. The Morgan fingerprint density at radius 3 is 1.91 bits per heavy atom. The Labute approximate surface area is 317 Å². The van der Waals surface area contributed by atoms with Crippen molar-refractivity contribution in [3.8, 4) is 45.3 Å². The molecule has 0 spiro atoms. The zero-order valence-corrected chi connectivity index (χ0v) is 30.7. The Bertz CT molecular complexity index is 3040. The summed E-state index contributed by atoms with van der Waals surface area (Å²) in [5, 5.41) is 5.05. The predicted molar refractivity (Wildman–Crippen MR) is 225 cm³/mol. The Balaban J connectivity index is 1.18. The molecule has 11 rings (SSSR count). The van der Waals surface area contributed by atoms with Gasteiger partial charge >= 0.3 is 0 Å². The molecule has 3 aromatic heterocycles. The molecule has 0 radical (unpaired) electrons. The van der Waals surface area contributed by atoms with E-state index in [1.165, 1.54) is 69.8 Å². The topological polar surface area (TPSA) is 43.6 Å². The molecular weight excluding hydrogens is 677 g/mol. The molecule has 0 saturated heterocycles. The summed E-state index contributed by atoms with van der Waals surface area (Å²) in [6, 6.07) is 56.4. The molecule has 0 N–H and O–H groups in total. The molecule has 256 valence electrons. The van der Waals surface area contributed by atoms with Crippen LogP contribution in [0, 0.1) is 0 Å². The molecule has 0 saturated carbocycles. The van der Waals surface area contributed by atoms with Gasteiger partial charge in [0.05, 0.1) is 5.52 Å². The molecule has 0 bridgehead atoms. The quantitative estimate of drug-likeness (QED) is 0.179. The highest BCUT2D eigenvalue weighted by atomic mass is 32.1. The van der Waals surface area contributed by atoms with Crippen molar-refractivity contribution in [1.29, 1.82) is 0 Å². The van der Waals surface area contributed by atoms with Crippen LogP contribution in [0.2, 0.25) is 0 Å². The molecule has 0 amide bonds. The molecule has 4 nitrogen and oxygen atoms in total. The minimum atomic E-state index is -0.150. The van der Waals surface area contributed by atoms with Crippen LogP contribution >= 0.6 is 11.3 Å². The van der Waals surface area contributed by atoms with Crippen molar-refractivity contribution in [3.63, 3.8) is 0 Å². The maximum Gasteiger partial charge on any atom is 0.165 e. The van der Waals surface area contributed by atoms with Crippen LogP contribution in [0.25, 0.3) is 87.3 Å². The highest BCUT2D eigenvalue weighted by molar-refractivity contribution is 7.26. The lowest BCUT2D eigenvalue weighted by Crippen LogP contribution is -2.17. The molecular formula is C49H34N4S. The van der Waals surface area contributed by atoms with E-state index in [1.807, 2.05) is 47.7 Å². The van der Waals surface area contributed by atoms with Gasteiger partial charge in [-0.25, -0.2) is 15.0 Å². The molecule has 0 aliphatic heterocycles. The number of thiophene rings is 1. The maximum absolute atomic E-state index is 5.22. The number of aromatic nitrogens is 4. The Morgan fingerprint density at radius 2 is 1.15 bits per heavy atom. The molecule has 0 unspecified atom stereocenters. The van der Waals surface area contributed by atoms with E-state index >= 15 is 0 Å². The second-order valence-corrected chi connectivity index (χ2v) is 15.9. The standard InChI is InChI=1S/C49H34N4S/c1-49(2)40-22-12-9-19-33(40)36-25-26-37-34-20-10-13-23-41(34)53(44(37)43(36)49)29-30-27-38-35-21-11-14-24-42(35)54-45(38)39(28-30)48-51-46(31-15-5-3-6-16-31)50-47(52-48)32-17-7-4-8-18-32/h3-28H,29H2,1-2H3. The van der Waals surface area contributed by atoms with Crippen molar-refractivity contribution in [2.24, 2.45) is 0 Å². The predicted octanol–water partition coefficient (Wildman–Crippen LogP) is 12.7. The summed E-state index contributed by atoms with van der Waals surface area (Å²) in [6.45, 7) is 5.47. The van der Waals surface area contributed by atoms with E-state index < -0.39 is 0 Å². The zero-order chi connectivity index (χ0) is 36.0. The number of hydrogen-bond acceptors (Lipinski definition) is 4. The van der Waals surface area contributed by atoms with Crippen LogP contribution in [0.5, 0.6) is 0 Å². The second-order valence-electron chi connectivity index (χ2n) is 14.8. The molecule has 1 aliphatic carbocycles. The van der Waals surface area contributed by atoms with Gasteiger partial charge in [-0.3, -0.25) is 0 Å². The summed E-state index contributed by atoms with van der Waals surface area (Å²) in [4.78, 5) is 15.5. The van der Waals surface area contributed by atoms with E-state index in [1.54, 1.807) is 0 Å². The number of rotatable bonds is 5. The first kappa shape index (κ1) is 31.1. The molecule has 54 heavy (non-hydrogen) atoms. The zero-order valence-electron chi connectivity index (χ0n) is 29.9. The molecule has 3 heterocycles. The number of nitrogens with zero attached hydrogens (tertiary/aromatic N) is 4. The summed E-state index contributed by atoms with van der Waals surface area (Å²) in [5.74, 6) is 2.01. The van der Waals surface area contributed by atoms with Crippen molar-refractivity contribution in [2.45, 2.75) is 25.8 Å². The van der Waals surface area contributed by atoms with Gasteiger partial charge in [-0.15, -0.1) is 11.3 Å². The van der Waals surface area contributed by atoms with Gasteiger partial charge in [0.25, 0.3) is 0 Å². The SMILES string of the molecule is CC1(C)c2ccccc2-c2ccc3c4ccccc4n(Cc4cc(-c5nc(-c6ccccc6)nc(-c6ccccc6)n5)c5sc6ccccc6c5c4)c3c21. The number of para-hydroxylation sites is 1. The lowest BCUT2D eigenvalue weighted by atomic mass is 9.81. The van der Waals surface area contributed by atoms with Crippen LogP contribution in [0.1, 0.15) is 30.5 Å². The smallest absolute Gasteiger partial charge is 0.165 e. The van der Waals surface area contributed by atoms with Gasteiger partial charge in [0.2, 0.25) is 0 Å². The van der Waals surface area contributed by atoms with Crippen LogP contribution in [0.15, 0.2) is 158 Å². The molecule has 7 aromatic carbocycles. The number of benzene rings is 7. The third-order valence-corrected chi connectivity index (χ3v) is 12.5. The fraction of sp³-hybridized carbons (Fsp3) is 0.0816. The summed E-state index contributed by atoms with van der Waals surface area (Å²) in [6.07, 6.45) is 0. The Hall–Kier alpha value is -6.43. The minimum absolute atomic E-state index is 0.150. The van der Waals surface area contributed by atoms with Crippen LogP contribution in [-0.2, 0) is 12.0 Å². The van der Waals surface area contributed by atoms with E-state index in [9.17, 15) is 0 Å². The second kappa shape index (κ2) is 11.8. The summed E-state index contributed by atoms with van der Waals surface area (Å²) < 4.78 is 5.00. The number of fused-ring (bicyclic) bond motifs is 10. The van der Waals surface area contributed by atoms with Gasteiger partial charge < -0.3 is 4.57 Å². The molecule has 5 heteroatoms. The van der Waals surface area contributed by atoms with Crippen molar-refractivity contribution >= 4 is 53.3 Å². The summed E-state index contributed by atoms with van der Waals surface area (Å²) in [7, 11) is 0. The van der Waals surface area contributed by atoms with E-state index in [2.05, 4.69) is 140 Å². The number of hydrogen-bond donors (Lipinski definition) is 0. The van der Waals surface area contributed by atoms with E-state index in [0.717, 1.165) is 16.7 Å². The minimum Gasteiger partial charge on any atom is -0.336 e. The Morgan fingerprint density at radius 1 is 0.519 bits per heavy atom. The van der Waals surface area contributed by atoms with E-state index in [-0.39, 0.29) is 5.41 Å². The van der Waals surface area contributed by atoms with Crippen LogP contribution < -0.4 is 0 Å². The summed E-state index contributed by atoms with van der Waals surface area (Å²) in [5.41, 5.74) is 12.0. The highest BCUT2D eigenvalue weighted by Gasteiger charge is 2.38. The largest absolute Gasteiger partial charge is 0.336 e. The van der Waals surface area contributed by atoms with Gasteiger partial charge in [-0.05, 0) is 52.1 Å². The van der Waals surface area contributed by atoms with Gasteiger partial charge in [-0.2, -0.15) is 0 Å². The van der Waals surface area contributed by atoms with Crippen molar-refractivity contribution in [3.05, 3.63) is 174 Å². The highest BCUT2D eigenvalue weighted by Crippen LogP contribution is 2.52. The van der Waals surface area contributed by atoms with Gasteiger partial charge in [0.1, 0.15) is 0 Å². The van der Waals surface area contributed by atoms with Crippen LogP contribution in [0.4, 0.5) is 0 Å². The lowest BCUT2D eigenvalue weighted by Gasteiger charge is -2.23. The first-order valence-corrected chi connectivity index (χ1v) is 19.3. The third kappa shape index (κ3) is 4.65. The maximum atomic E-state index is 5.22. The average Bonchev–Trinajstić information content (AvgIpc) is 3.83. The molecule has 0 fully saturated rings. The molecule has 10 aromatic rings. The fourth-order valence-corrected chi connectivity index (χ4v) is 10.0. The third-order valence-electron chi connectivity index (χ3n) is 11.3. The first-order valence-electron chi connectivity index (χ1n) is 18.5. The normalized spacial score (nSPS) is 13.2. The van der Waals surface area contributed by atoms with Crippen LogP contribution in [0.3, 0.4) is 0 Å². The fourth-order valence-electron chi connectivity index (χ4n) is 8.82. The van der Waals surface area contributed by atoms with Gasteiger partial charge in [0.15, 0.2) is 17.5 Å². The average molecular weight is 711 g/mol. The monoisotopic (exact) mass is 710 g/mol. The van der Waals surface area contributed by atoms with E-state index in [0.29, 0.717) is 24.0 Å². The van der Waals surface area contributed by atoms with Gasteiger partial charge in [0, 0.05) is 65.1 Å². The first-order chi connectivity index (χ1) is 26.5. The van der Waals surface area contributed by atoms with Crippen molar-refractivity contribution < 1.29 is 0 Å². The summed E-state index contributed by atoms with van der Waals surface area (Å²) >= 11 is 1.81. The van der Waals surface area contributed by atoms with Crippen molar-refractivity contribution in [1.82, 2.24) is 19.5 Å². The molecule has 1 aliphatic rings. The van der Waals surface area contributed by atoms with Crippen molar-refractivity contribution in [2.75, 3.05) is 0 Å². The Kier molecular flexibility index (Phi) is 6.80. The van der Waals surface area contributed by atoms with E-state index in [4.69, 9.17) is 15.0 Å². The van der Waals surface area contributed by atoms with Gasteiger partial charge in [-0.1, -0.05) is 147 Å².